The number of hydrogen-bond acceptors (Lipinski definition) is 2. The molecule has 0 unspecified atom stereocenters. The van der Waals surface area contributed by atoms with Crippen molar-refractivity contribution in [1.29, 1.82) is 0 Å². The summed E-state index contributed by atoms with van der Waals surface area (Å²) < 4.78 is 28.0. The predicted octanol–water partition coefficient (Wildman–Crippen LogP) is 2.38. The summed E-state index contributed by atoms with van der Waals surface area (Å²) in [5.41, 5.74) is 1.14. The Labute approximate surface area is 107 Å². The van der Waals surface area contributed by atoms with Gasteiger partial charge in [-0.15, -0.1) is 0 Å². The van der Waals surface area contributed by atoms with Crippen LogP contribution in [-0.2, 0) is 5.92 Å². The van der Waals surface area contributed by atoms with Crippen molar-refractivity contribution in [2.45, 2.75) is 19.3 Å². The van der Waals surface area contributed by atoms with Gasteiger partial charge in [0.25, 0.3) is 5.92 Å². The molecule has 1 fully saturated rings. The normalized spacial score (nSPS) is 17.9. The average Bonchev–Trinajstić information content (AvgIpc) is 2.38. The van der Waals surface area contributed by atoms with E-state index in [1.807, 2.05) is 6.92 Å². The van der Waals surface area contributed by atoms with Crippen LogP contribution >= 0.6 is 0 Å². The van der Waals surface area contributed by atoms with Gasteiger partial charge in [-0.2, -0.15) is 0 Å². The number of aryl methyl sites for hydroxylation is 1. The molecule has 0 spiro atoms. The van der Waals surface area contributed by atoms with Crippen molar-refractivity contribution < 1.29 is 8.78 Å². The minimum Gasteiger partial charge on any atom is -0.314 e. The van der Waals surface area contributed by atoms with Crippen LogP contribution in [0.15, 0.2) is 24.3 Å². The molecule has 2 rings (SSSR count). The fourth-order valence-corrected chi connectivity index (χ4v) is 2.18. The Morgan fingerprint density at radius 2 is 1.78 bits per heavy atom. The molecule has 0 amide bonds. The van der Waals surface area contributed by atoms with E-state index in [1.165, 1.54) is 12.1 Å². The molecule has 0 aromatic heterocycles. The van der Waals surface area contributed by atoms with E-state index in [0.717, 1.165) is 31.7 Å². The van der Waals surface area contributed by atoms with E-state index >= 15 is 0 Å². The smallest absolute Gasteiger partial charge is 0.274 e. The molecule has 1 heterocycles. The molecular weight excluding hydrogens is 234 g/mol. The van der Waals surface area contributed by atoms with Gasteiger partial charge < -0.3 is 10.2 Å². The van der Waals surface area contributed by atoms with Crippen LogP contribution in [0.25, 0.3) is 0 Å². The molecule has 0 saturated carbocycles. The second-order valence-corrected chi connectivity index (χ2v) is 4.91. The molecule has 0 atom stereocenters. The minimum atomic E-state index is -2.72. The Balaban J connectivity index is 1.91. The average molecular weight is 254 g/mol. The van der Waals surface area contributed by atoms with Crippen LogP contribution in [0.3, 0.4) is 0 Å². The van der Waals surface area contributed by atoms with Gasteiger partial charge in [-0.1, -0.05) is 29.8 Å². The Morgan fingerprint density at radius 3 is 2.39 bits per heavy atom. The van der Waals surface area contributed by atoms with Crippen molar-refractivity contribution in [3.63, 3.8) is 0 Å². The summed E-state index contributed by atoms with van der Waals surface area (Å²) in [7, 11) is 0. The molecule has 1 aliphatic rings. The lowest BCUT2D eigenvalue weighted by Crippen LogP contribution is -2.44. The molecule has 0 radical (unpaired) electrons. The summed E-state index contributed by atoms with van der Waals surface area (Å²) in [6.45, 7) is 5.89. The number of nitrogens with zero attached hydrogens (tertiary/aromatic N) is 1. The van der Waals surface area contributed by atoms with E-state index in [4.69, 9.17) is 0 Å². The maximum absolute atomic E-state index is 14.0. The van der Waals surface area contributed by atoms with Crippen LogP contribution in [0.2, 0.25) is 0 Å². The van der Waals surface area contributed by atoms with Gasteiger partial charge in [-0.25, -0.2) is 8.78 Å². The van der Waals surface area contributed by atoms with Crippen molar-refractivity contribution in [2.75, 3.05) is 32.7 Å². The zero-order valence-electron chi connectivity index (χ0n) is 10.8. The summed E-state index contributed by atoms with van der Waals surface area (Å²) in [6, 6.07) is 6.56. The largest absolute Gasteiger partial charge is 0.314 e. The number of nitrogens with one attached hydrogen (secondary N) is 1. The SMILES string of the molecule is Cc1ccc(C(F)(F)CCN2CCNCC2)cc1. The van der Waals surface area contributed by atoms with Crippen molar-refractivity contribution in [1.82, 2.24) is 10.2 Å². The summed E-state index contributed by atoms with van der Waals surface area (Å²) in [6.07, 6.45) is -0.101. The molecule has 18 heavy (non-hydrogen) atoms. The fraction of sp³-hybridized carbons (Fsp3) is 0.571. The van der Waals surface area contributed by atoms with E-state index in [9.17, 15) is 8.78 Å². The van der Waals surface area contributed by atoms with Gasteiger partial charge in [0.15, 0.2) is 0 Å². The molecule has 1 aromatic rings. The van der Waals surface area contributed by atoms with Crippen LogP contribution in [-0.4, -0.2) is 37.6 Å². The summed E-state index contributed by atoms with van der Waals surface area (Å²) in [5, 5.41) is 3.22. The number of rotatable bonds is 4. The summed E-state index contributed by atoms with van der Waals surface area (Å²) >= 11 is 0. The van der Waals surface area contributed by atoms with E-state index in [1.54, 1.807) is 12.1 Å². The first-order valence-electron chi connectivity index (χ1n) is 6.46. The highest BCUT2D eigenvalue weighted by Crippen LogP contribution is 2.31. The third-order valence-corrected chi connectivity index (χ3v) is 3.43. The first kappa shape index (κ1) is 13.4. The third-order valence-electron chi connectivity index (χ3n) is 3.43. The number of hydrogen-bond donors (Lipinski definition) is 1. The van der Waals surface area contributed by atoms with Crippen LogP contribution in [0.1, 0.15) is 17.5 Å². The molecule has 4 heteroatoms. The lowest BCUT2D eigenvalue weighted by atomic mass is 10.0. The quantitative estimate of drug-likeness (QED) is 0.887. The molecule has 1 aliphatic heterocycles. The lowest BCUT2D eigenvalue weighted by Gasteiger charge is -2.28. The second-order valence-electron chi connectivity index (χ2n) is 4.91. The van der Waals surface area contributed by atoms with Crippen LogP contribution < -0.4 is 5.32 Å². The molecular formula is C14H20F2N2. The highest BCUT2D eigenvalue weighted by atomic mass is 19.3. The lowest BCUT2D eigenvalue weighted by molar-refractivity contribution is -0.0226. The molecule has 1 aromatic carbocycles. The number of alkyl halides is 2. The molecule has 100 valence electrons. The van der Waals surface area contributed by atoms with E-state index < -0.39 is 5.92 Å². The highest BCUT2D eigenvalue weighted by molar-refractivity contribution is 5.24. The monoisotopic (exact) mass is 254 g/mol. The Bertz CT molecular complexity index is 370. The van der Waals surface area contributed by atoms with Gasteiger partial charge in [0.05, 0.1) is 0 Å². The van der Waals surface area contributed by atoms with Crippen molar-refractivity contribution in [2.24, 2.45) is 0 Å². The van der Waals surface area contributed by atoms with Gasteiger partial charge in [-0.3, -0.25) is 0 Å². The fourth-order valence-electron chi connectivity index (χ4n) is 2.18. The van der Waals surface area contributed by atoms with Crippen LogP contribution in [0.5, 0.6) is 0 Å². The second kappa shape index (κ2) is 5.76. The van der Waals surface area contributed by atoms with Crippen LogP contribution in [0, 0.1) is 6.92 Å². The number of benzene rings is 1. The molecule has 1 saturated heterocycles. The van der Waals surface area contributed by atoms with Gasteiger partial charge >= 0.3 is 0 Å². The molecule has 1 N–H and O–H groups in total. The van der Waals surface area contributed by atoms with E-state index in [-0.39, 0.29) is 12.0 Å². The predicted molar refractivity (Wildman–Crippen MR) is 69.0 cm³/mol. The van der Waals surface area contributed by atoms with E-state index in [2.05, 4.69) is 10.2 Å². The Kier molecular flexibility index (Phi) is 4.30. The highest BCUT2D eigenvalue weighted by Gasteiger charge is 2.31. The van der Waals surface area contributed by atoms with Gasteiger partial charge in [0, 0.05) is 44.7 Å². The zero-order valence-corrected chi connectivity index (χ0v) is 10.8. The van der Waals surface area contributed by atoms with Crippen molar-refractivity contribution in [3.8, 4) is 0 Å². The summed E-state index contributed by atoms with van der Waals surface area (Å²) in [5.74, 6) is -2.72. The molecule has 0 bridgehead atoms. The minimum absolute atomic E-state index is 0.101. The van der Waals surface area contributed by atoms with Gasteiger partial charge in [-0.05, 0) is 6.92 Å². The maximum Gasteiger partial charge on any atom is 0.274 e. The maximum atomic E-state index is 14.0. The van der Waals surface area contributed by atoms with Crippen LogP contribution in [0.4, 0.5) is 8.78 Å². The van der Waals surface area contributed by atoms with E-state index in [0.29, 0.717) is 6.54 Å². The Morgan fingerprint density at radius 1 is 1.17 bits per heavy atom. The number of piperazine rings is 1. The molecule has 0 aliphatic carbocycles. The van der Waals surface area contributed by atoms with Crippen molar-refractivity contribution in [3.05, 3.63) is 35.4 Å². The first-order valence-corrected chi connectivity index (χ1v) is 6.46. The number of halogens is 2. The van der Waals surface area contributed by atoms with Gasteiger partial charge in [0.2, 0.25) is 0 Å². The topological polar surface area (TPSA) is 15.3 Å². The zero-order chi connectivity index (χ0) is 13.0. The van der Waals surface area contributed by atoms with Gasteiger partial charge in [0.1, 0.15) is 0 Å². The van der Waals surface area contributed by atoms with Crippen molar-refractivity contribution >= 4 is 0 Å². The molecule has 2 nitrogen and oxygen atoms in total. The summed E-state index contributed by atoms with van der Waals surface area (Å²) in [4.78, 5) is 2.10. The standard InChI is InChI=1S/C14H20F2N2/c1-12-2-4-13(5-3-12)14(15,16)6-9-18-10-7-17-8-11-18/h2-5,17H,6-11H2,1H3. The third kappa shape index (κ3) is 3.50. The Hall–Kier alpha value is -1.00. The first-order chi connectivity index (χ1) is 8.58.